The molecule has 2 saturated carbocycles. The average molecular weight is 370 g/mol. The van der Waals surface area contributed by atoms with Gasteiger partial charge in [-0.15, -0.1) is 0 Å². The Hall–Kier alpha value is -2.34. The molecule has 0 saturated heterocycles. The number of carbonyl (C=O) groups excluding carboxylic acids is 1. The molecule has 136 valence electrons. The van der Waals surface area contributed by atoms with E-state index in [1.54, 1.807) is 42.5 Å². The minimum absolute atomic E-state index is 0.170. The maximum absolute atomic E-state index is 12.8. The predicted octanol–water partition coefficient (Wildman–Crippen LogP) is 3.41. The number of anilines is 1. The van der Waals surface area contributed by atoms with Crippen molar-refractivity contribution < 1.29 is 13.2 Å². The summed E-state index contributed by atoms with van der Waals surface area (Å²) in [7, 11) is -3.73. The molecule has 2 bridgehead atoms. The molecule has 0 unspecified atom stereocenters. The molecule has 0 aromatic heterocycles. The number of amides is 1. The molecule has 3 atom stereocenters. The van der Waals surface area contributed by atoms with Crippen LogP contribution < -0.4 is 10.0 Å². The van der Waals surface area contributed by atoms with Crippen LogP contribution in [0.3, 0.4) is 0 Å². The van der Waals surface area contributed by atoms with Gasteiger partial charge in [-0.1, -0.05) is 36.8 Å². The monoisotopic (exact) mass is 370 g/mol. The third kappa shape index (κ3) is 3.33. The van der Waals surface area contributed by atoms with E-state index in [0.29, 0.717) is 17.2 Å². The van der Waals surface area contributed by atoms with E-state index >= 15 is 0 Å². The van der Waals surface area contributed by atoms with Crippen LogP contribution in [0, 0.1) is 11.8 Å². The van der Waals surface area contributed by atoms with Crippen molar-refractivity contribution in [2.24, 2.45) is 11.8 Å². The summed E-state index contributed by atoms with van der Waals surface area (Å²) in [5.74, 6) is 1.09. The van der Waals surface area contributed by atoms with Crippen molar-refractivity contribution in [3.05, 3.63) is 60.2 Å². The molecule has 0 radical (unpaired) electrons. The Morgan fingerprint density at radius 3 is 2.35 bits per heavy atom. The van der Waals surface area contributed by atoms with Gasteiger partial charge < -0.3 is 5.32 Å². The van der Waals surface area contributed by atoms with Crippen molar-refractivity contribution in [3.63, 3.8) is 0 Å². The molecule has 2 fully saturated rings. The van der Waals surface area contributed by atoms with E-state index in [1.807, 2.05) is 0 Å². The molecular formula is C20H22N2O3S. The molecule has 0 aliphatic heterocycles. The quantitative estimate of drug-likeness (QED) is 0.847. The largest absolute Gasteiger partial charge is 0.349 e. The van der Waals surface area contributed by atoms with Crippen molar-refractivity contribution in [1.82, 2.24) is 5.32 Å². The zero-order valence-corrected chi connectivity index (χ0v) is 15.2. The van der Waals surface area contributed by atoms with Gasteiger partial charge in [0.15, 0.2) is 0 Å². The van der Waals surface area contributed by atoms with E-state index in [1.165, 1.54) is 31.4 Å². The van der Waals surface area contributed by atoms with Crippen molar-refractivity contribution in [2.45, 2.75) is 36.6 Å². The lowest BCUT2D eigenvalue weighted by molar-refractivity contribution is 0.0924. The number of rotatable bonds is 5. The highest BCUT2D eigenvalue weighted by atomic mass is 32.2. The number of hydrogen-bond donors (Lipinski definition) is 2. The fourth-order valence-electron chi connectivity index (χ4n) is 4.24. The molecular weight excluding hydrogens is 348 g/mol. The highest BCUT2D eigenvalue weighted by Gasteiger charge is 2.40. The molecule has 0 heterocycles. The Labute approximate surface area is 153 Å². The molecule has 2 aliphatic carbocycles. The summed E-state index contributed by atoms with van der Waals surface area (Å²) in [4.78, 5) is 12.9. The molecule has 2 aromatic rings. The Kier molecular flexibility index (Phi) is 4.44. The van der Waals surface area contributed by atoms with Crippen LogP contribution in [0.15, 0.2) is 59.5 Å². The Morgan fingerprint density at radius 2 is 1.65 bits per heavy atom. The van der Waals surface area contributed by atoms with Crippen molar-refractivity contribution >= 4 is 21.6 Å². The fraction of sp³-hybridized carbons (Fsp3) is 0.350. The lowest BCUT2D eigenvalue weighted by Crippen LogP contribution is -2.38. The molecule has 2 N–H and O–H groups in total. The van der Waals surface area contributed by atoms with Gasteiger partial charge in [-0.05, 0) is 55.4 Å². The molecule has 5 nitrogen and oxygen atoms in total. The minimum atomic E-state index is -3.73. The first-order chi connectivity index (χ1) is 12.5. The first-order valence-corrected chi connectivity index (χ1v) is 10.5. The van der Waals surface area contributed by atoms with Gasteiger partial charge in [0.05, 0.1) is 16.1 Å². The van der Waals surface area contributed by atoms with Gasteiger partial charge in [0.2, 0.25) is 0 Å². The van der Waals surface area contributed by atoms with Gasteiger partial charge in [0.25, 0.3) is 15.9 Å². The van der Waals surface area contributed by atoms with Gasteiger partial charge >= 0.3 is 0 Å². The third-order valence-corrected chi connectivity index (χ3v) is 6.91. The van der Waals surface area contributed by atoms with E-state index in [-0.39, 0.29) is 16.8 Å². The standard InChI is InChI=1S/C20H22N2O3S/c23-20(21-19-13-14-10-11-15(19)12-14)17-8-4-5-9-18(17)22-26(24,25)16-6-2-1-3-7-16/h1-9,14-15,19,22H,10-13H2,(H,21,23)/t14-,15+,19+/m0/s1. The predicted molar refractivity (Wildman–Crippen MR) is 100 cm³/mol. The van der Waals surface area contributed by atoms with E-state index in [4.69, 9.17) is 0 Å². The Bertz CT molecular complexity index is 912. The SMILES string of the molecule is O=C(N[C@@H]1C[C@H]2CC[C@@H]1C2)c1ccccc1NS(=O)(=O)c1ccccc1. The van der Waals surface area contributed by atoms with Crippen LogP contribution in [0.1, 0.15) is 36.0 Å². The number of hydrogen-bond acceptors (Lipinski definition) is 3. The van der Waals surface area contributed by atoms with Gasteiger partial charge in [0, 0.05) is 6.04 Å². The summed E-state index contributed by atoms with van der Waals surface area (Å²) in [6.45, 7) is 0. The summed E-state index contributed by atoms with van der Waals surface area (Å²) in [6.07, 6.45) is 4.68. The molecule has 0 spiro atoms. The second kappa shape index (κ2) is 6.76. The number of para-hydroxylation sites is 1. The number of sulfonamides is 1. The summed E-state index contributed by atoms with van der Waals surface area (Å²) in [5, 5.41) is 3.12. The lowest BCUT2D eigenvalue weighted by Gasteiger charge is -2.23. The lowest BCUT2D eigenvalue weighted by atomic mass is 9.95. The molecule has 6 heteroatoms. The van der Waals surface area contributed by atoms with Gasteiger partial charge in [-0.3, -0.25) is 9.52 Å². The van der Waals surface area contributed by atoms with Crippen LogP contribution >= 0.6 is 0 Å². The number of benzene rings is 2. The number of nitrogens with one attached hydrogen (secondary N) is 2. The Balaban J connectivity index is 1.54. The highest BCUT2D eigenvalue weighted by molar-refractivity contribution is 7.92. The molecule has 2 aromatic carbocycles. The first-order valence-electron chi connectivity index (χ1n) is 9.01. The first kappa shape index (κ1) is 17.1. The van der Waals surface area contributed by atoms with E-state index < -0.39 is 10.0 Å². The zero-order chi connectivity index (χ0) is 18.1. The highest BCUT2D eigenvalue weighted by Crippen LogP contribution is 2.44. The summed E-state index contributed by atoms with van der Waals surface area (Å²) in [6, 6.07) is 15.1. The van der Waals surface area contributed by atoms with Crippen LogP contribution in [0.5, 0.6) is 0 Å². The van der Waals surface area contributed by atoms with E-state index in [9.17, 15) is 13.2 Å². The van der Waals surface area contributed by atoms with Gasteiger partial charge in [-0.2, -0.15) is 0 Å². The molecule has 4 rings (SSSR count). The molecule has 2 aliphatic rings. The van der Waals surface area contributed by atoms with Crippen LogP contribution in [0.2, 0.25) is 0 Å². The number of carbonyl (C=O) groups is 1. The van der Waals surface area contributed by atoms with Gasteiger partial charge in [-0.25, -0.2) is 8.42 Å². The van der Waals surface area contributed by atoms with Crippen molar-refractivity contribution in [1.29, 1.82) is 0 Å². The van der Waals surface area contributed by atoms with Crippen molar-refractivity contribution in [3.8, 4) is 0 Å². The normalized spacial score (nSPS) is 24.4. The topological polar surface area (TPSA) is 75.3 Å². The summed E-state index contributed by atoms with van der Waals surface area (Å²) in [5.41, 5.74) is 0.659. The van der Waals surface area contributed by atoms with E-state index in [2.05, 4.69) is 10.0 Å². The number of fused-ring (bicyclic) bond motifs is 2. The van der Waals surface area contributed by atoms with Crippen LogP contribution in [-0.2, 0) is 10.0 Å². The third-order valence-electron chi connectivity index (χ3n) is 5.52. The molecule has 1 amide bonds. The average Bonchev–Trinajstić information content (AvgIpc) is 3.25. The maximum Gasteiger partial charge on any atom is 0.261 e. The summed E-state index contributed by atoms with van der Waals surface area (Å²) < 4.78 is 27.7. The fourth-order valence-corrected chi connectivity index (χ4v) is 5.34. The second-order valence-electron chi connectivity index (χ2n) is 7.22. The Morgan fingerprint density at radius 1 is 0.923 bits per heavy atom. The van der Waals surface area contributed by atoms with Crippen molar-refractivity contribution in [2.75, 3.05) is 4.72 Å². The zero-order valence-electron chi connectivity index (χ0n) is 14.4. The molecule has 26 heavy (non-hydrogen) atoms. The van der Waals surface area contributed by atoms with Gasteiger partial charge in [0.1, 0.15) is 0 Å². The maximum atomic E-state index is 12.8. The smallest absolute Gasteiger partial charge is 0.261 e. The van der Waals surface area contributed by atoms with Crippen LogP contribution in [0.25, 0.3) is 0 Å². The van der Waals surface area contributed by atoms with Crippen LogP contribution in [0.4, 0.5) is 5.69 Å². The second-order valence-corrected chi connectivity index (χ2v) is 8.90. The van der Waals surface area contributed by atoms with E-state index in [0.717, 1.165) is 12.3 Å². The minimum Gasteiger partial charge on any atom is -0.349 e. The van der Waals surface area contributed by atoms with Crippen LogP contribution in [-0.4, -0.2) is 20.4 Å². The summed E-state index contributed by atoms with van der Waals surface area (Å²) >= 11 is 0.